The number of fused-ring (bicyclic) bond motifs is 1. The van der Waals surface area contributed by atoms with Crippen LogP contribution in [0, 0.1) is 6.92 Å². The quantitative estimate of drug-likeness (QED) is 0.348. The molecule has 3 aromatic rings. The van der Waals surface area contributed by atoms with Crippen molar-refractivity contribution in [1.29, 1.82) is 0 Å². The van der Waals surface area contributed by atoms with Crippen LogP contribution in [0.1, 0.15) is 34.3 Å². The summed E-state index contributed by atoms with van der Waals surface area (Å²) >= 11 is 6.07. The largest absolute Gasteiger partial charge is 0.492 e. The van der Waals surface area contributed by atoms with E-state index in [4.69, 9.17) is 21.1 Å². The van der Waals surface area contributed by atoms with Crippen molar-refractivity contribution >= 4 is 35.2 Å². The maximum Gasteiger partial charge on any atom is 0.255 e. The van der Waals surface area contributed by atoms with Gasteiger partial charge in [0.25, 0.3) is 5.91 Å². The predicted molar refractivity (Wildman–Crippen MR) is 167 cm³/mol. The third kappa shape index (κ3) is 9.21. The zero-order valence-corrected chi connectivity index (χ0v) is 25.6. The van der Waals surface area contributed by atoms with Crippen molar-refractivity contribution in [2.75, 3.05) is 33.4 Å². The summed E-state index contributed by atoms with van der Waals surface area (Å²) in [6.45, 7) is 2.57. The molecule has 0 aromatic heterocycles. The summed E-state index contributed by atoms with van der Waals surface area (Å²) in [7, 11) is 1.64. The average molecular weight is 621 g/mol. The molecule has 44 heavy (non-hydrogen) atoms. The molecule has 4 amide bonds. The van der Waals surface area contributed by atoms with Gasteiger partial charge in [0.2, 0.25) is 17.7 Å². The average Bonchev–Trinajstić information content (AvgIpc) is 3.02. The number of amides is 4. The van der Waals surface area contributed by atoms with Gasteiger partial charge >= 0.3 is 0 Å². The topological polar surface area (TPSA) is 126 Å². The molecule has 232 valence electrons. The van der Waals surface area contributed by atoms with Crippen LogP contribution in [0.5, 0.6) is 11.5 Å². The van der Waals surface area contributed by atoms with Crippen LogP contribution < -0.4 is 25.4 Å². The Morgan fingerprint density at radius 1 is 1.05 bits per heavy atom. The van der Waals surface area contributed by atoms with E-state index < -0.39 is 29.8 Å². The number of hydrogen-bond acceptors (Lipinski definition) is 6. The maximum atomic E-state index is 13.4. The smallest absolute Gasteiger partial charge is 0.255 e. The minimum absolute atomic E-state index is 0.00571. The normalized spacial score (nSPS) is 18.1. The molecule has 0 unspecified atom stereocenters. The molecule has 0 saturated carbocycles. The Labute approximate surface area is 262 Å². The van der Waals surface area contributed by atoms with E-state index >= 15 is 0 Å². The fraction of sp³-hybridized carbons (Fsp3) is 0.333. The molecule has 1 heterocycles. The Hall–Kier alpha value is -4.57. The first-order valence-electron chi connectivity index (χ1n) is 14.5. The van der Waals surface area contributed by atoms with Gasteiger partial charge in [-0.25, -0.2) is 0 Å². The second kappa shape index (κ2) is 15.8. The van der Waals surface area contributed by atoms with E-state index in [0.29, 0.717) is 22.9 Å². The molecule has 0 saturated heterocycles. The summed E-state index contributed by atoms with van der Waals surface area (Å²) in [4.78, 5) is 54.6. The highest BCUT2D eigenvalue weighted by Gasteiger charge is 2.28. The highest BCUT2D eigenvalue weighted by Crippen LogP contribution is 2.21. The summed E-state index contributed by atoms with van der Waals surface area (Å²) in [5, 5.41) is 9.00. The number of likely N-dealkylation sites (N-methyl/N-ethyl adjacent to an activating group) is 1. The first kappa shape index (κ1) is 32.3. The minimum atomic E-state index is -1.03. The first-order valence-corrected chi connectivity index (χ1v) is 14.9. The van der Waals surface area contributed by atoms with Gasteiger partial charge in [-0.1, -0.05) is 54.1 Å². The fourth-order valence-corrected chi connectivity index (χ4v) is 4.84. The molecule has 0 aliphatic carbocycles. The maximum absolute atomic E-state index is 13.4. The van der Waals surface area contributed by atoms with Crippen LogP contribution in [0.3, 0.4) is 0 Å². The number of nitrogens with one attached hydrogen (secondary N) is 3. The lowest BCUT2D eigenvalue weighted by atomic mass is 10.0. The van der Waals surface area contributed by atoms with Crippen molar-refractivity contribution in [1.82, 2.24) is 20.9 Å². The Morgan fingerprint density at radius 2 is 1.80 bits per heavy atom. The van der Waals surface area contributed by atoms with Crippen LogP contribution >= 0.6 is 11.6 Å². The number of carbonyl (C=O) groups is 4. The molecular formula is C33H37ClN4O6. The van der Waals surface area contributed by atoms with E-state index in [0.717, 1.165) is 11.1 Å². The van der Waals surface area contributed by atoms with Gasteiger partial charge in [0.1, 0.15) is 36.8 Å². The molecule has 11 heteroatoms. The van der Waals surface area contributed by atoms with Crippen LogP contribution in [-0.4, -0.2) is 74.0 Å². The zero-order chi connectivity index (χ0) is 31.5. The monoisotopic (exact) mass is 620 g/mol. The van der Waals surface area contributed by atoms with Crippen LogP contribution in [0.4, 0.5) is 0 Å². The van der Waals surface area contributed by atoms with Gasteiger partial charge in [0, 0.05) is 24.9 Å². The fourth-order valence-electron chi connectivity index (χ4n) is 4.72. The van der Waals surface area contributed by atoms with E-state index in [-0.39, 0.29) is 50.6 Å². The number of halogens is 1. The Balaban J connectivity index is 1.48. The summed E-state index contributed by atoms with van der Waals surface area (Å²) in [6.07, 6.45) is 0.207. The molecule has 1 aliphatic heterocycles. The van der Waals surface area contributed by atoms with Crippen LogP contribution in [-0.2, 0) is 20.8 Å². The Morgan fingerprint density at radius 3 is 2.57 bits per heavy atom. The third-order valence-electron chi connectivity index (χ3n) is 7.19. The van der Waals surface area contributed by atoms with Gasteiger partial charge in [0.15, 0.2) is 0 Å². The molecule has 2 atom stereocenters. The van der Waals surface area contributed by atoms with Gasteiger partial charge < -0.3 is 30.3 Å². The Bertz CT molecular complexity index is 1470. The lowest BCUT2D eigenvalue weighted by Crippen LogP contribution is -2.50. The van der Waals surface area contributed by atoms with E-state index in [9.17, 15) is 19.2 Å². The predicted octanol–water partition coefficient (Wildman–Crippen LogP) is 3.30. The number of aryl methyl sites for hydroxylation is 1. The van der Waals surface area contributed by atoms with Crippen molar-refractivity contribution < 1.29 is 28.7 Å². The van der Waals surface area contributed by atoms with Gasteiger partial charge in [-0.05, 0) is 54.8 Å². The molecule has 0 bridgehead atoms. The number of carbonyl (C=O) groups excluding carboxylic acids is 4. The molecule has 3 N–H and O–H groups in total. The number of nitrogens with zero attached hydrogens (tertiary/aromatic N) is 1. The standard InChI is InChI=1S/C33H37ClN4O6/c1-22-20-24(12-13-26(22)34)43-18-16-35-32(41)27-14-15-30(39)36-28(21-23-8-4-3-5-9-23)33(42)38(2)17-19-44-29-11-7-6-10-25(29)31(40)37-27/h3-13,20,27-28H,14-19,21H2,1-2H3,(H,35,41)(H,36,39)(H,37,40)/t27-,28-/m0/s1. The van der Waals surface area contributed by atoms with Crippen molar-refractivity contribution in [3.8, 4) is 11.5 Å². The summed E-state index contributed by atoms with van der Waals surface area (Å²) in [5.41, 5.74) is 2.00. The summed E-state index contributed by atoms with van der Waals surface area (Å²) < 4.78 is 11.6. The van der Waals surface area contributed by atoms with Gasteiger partial charge in [0.05, 0.1) is 18.7 Å². The Kier molecular flexibility index (Phi) is 11.6. The van der Waals surface area contributed by atoms with E-state index in [2.05, 4.69) is 16.0 Å². The van der Waals surface area contributed by atoms with E-state index in [1.807, 2.05) is 37.3 Å². The number of ether oxygens (including phenoxy) is 2. The molecular weight excluding hydrogens is 584 g/mol. The van der Waals surface area contributed by atoms with Crippen molar-refractivity contribution in [2.45, 2.75) is 38.3 Å². The number of rotatable bonds is 7. The second-order valence-electron chi connectivity index (χ2n) is 10.5. The second-order valence-corrected chi connectivity index (χ2v) is 10.9. The number of hydrogen-bond donors (Lipinski definition) is 3. The van der Waals surface area contributed by atoms with Gasteiger partial charge in [-0.2, -0.15) is 0 Å². The molecule has 3 aromatic carbocycles. The lowest BCUT2D eigenvalue weighted by molar-refractivity contribution is -0.135. The molecule has 1 aliphatic rings. The van der Waals surface area contributed by atoms with E-state index in [1.54, 1.807) is 49.5 Å². The highest BCUT2D eigenvalue weighted by atomic mass is 35.5. The van der Waals surface area contributed by atoms with E-state index in [1.165, 1.54) is 4.90 Å². The number of benzene rings is 3. The SMILES string of the molecule is Cc1cc(OCCNC(=O)[C@@H]2CCC(=O)N[C@@H](Cc3ccccc3)C(=O)N(C)CCOc3ccccc3C(=O)N2)ccc1Cl. The number of para-hydroxylation sites is 1. The highest BCUT2D eigenvalue weighted by molar-refractivity contribution is 6.31. The van der Waals surface area contributed by atoms with Crippen LogP contribution in [0.15, 0.2) is 72.8 Å². The summed E-state index contributed by atoms with van der Waals surface area (Å²) in [6, 6.07) is 19.5. The van der Waals surface area contributed by atoms with Gasteiger partial charge in [-0.15, -0.1) is 0 Å². The van der Waals surface area contributed by atoms with Crippen molar-refractivity contribution in [2.24, 2.45) is 0 Å². The molecule has 0 fully saturated rings. The van der Waals surface area contributed by atoms with Crippen LogP contribution in [0.2, 0.25) is 5.02 Å². The minimum Gasteiger partial charge on any atom is -0.492 e. The van der Waals surface area contributed by atoms with Gasteiger partial charge in [-0.3, -0.25) is 19.2 Å². The molecule has 0 radical (unpaired) electrons. The third-order valence-corrected chi connectivity index (χ3v) is 7.61. The van der Waals surface area contributed by atoms with Crippen molar-refractivity contribution in [3.63, 3.8) is 0 Å². The van der Waals surface area contributed by atoms with Crippen molar-refractivity contribution in [3.05, 3.63) is 94.5 Å². The molecule has 0 spiro atoms. The summed E-state index contributed by atoms with van der Waals surface area (Å²) in [5.74, 6) is -0.735. The first-order chi connectivity index (χ1) is 21.2. The molecule has 10 nitrogen and oxygen atoms in total. The zero-order valence-electron chi connectivity index (χ0n) is 24.8. The molecule has 4 rings (SSSR count). The van der Waals surface area contributed by atoms with Crippen LogP contribution in [0.25, 0.3) is 0 Å². The lowest BCUT2D eigenvalue weighted by Gasteiger charge is -2.25.